The topological polar surface area (TPSA) is 35.5 Å². The Morgan fingerprint density at radius 1 is 1.00 bits per heavy atom. The minimum absolute atomic E-state index is 0.374. The molecule has 1 aromatic rings. The molecule has 90 valence electrons. The molecule has 0 unspecified atom stereocenters. The van der Waals surface area contributed by atoms with Gasteiger partial charge in [-0.05, 0) is 38.8 Å². The molecule has 0 heterocycles. The molecule has 0 aliphatic rings. The van der Waals surface area contributed by atoms with Crippen LogP contribution in [0.15, 0.2) is 24.3 Å². The third-order valence-corrected chi connectivity index (χ3v) is 1.95. The summed E-state index contributed by atoms with van der Waals surface area (Å²) in [7, 11) is 0. The first kappa shape index (κ1) is 14.5. The molecule has 0 amide bonds. The zero-order chi connectivity index (χ0) is 12.4. The average molecular weight is 224 g/mol. The summed E-state index contributed by atoms with van der Waals surface area (Å²) in [6.45, 7) is 8.45. The van der Waals surface area contributed by atoms with E-state index in [0.717, 1.165) is 0 Å². The fourth-order valence-corrected chi connectivity index (χ4v) is 0.940. The number of rotatable bonds is 2. The average Bonchev–Trinajstić information content (AvgIpc) is 2.24. The summed E-state index contributed by atoms with van der Waals surface area (Å²) < 4.78 is 8.84. The van der Waals surface area contributed by atoms with Gasteiger partial charge in [0.25, 0.3) is 0 Å². The monoisotopic (exact) mass is 224 g/mol. The lowest BCUT2D eigenvalue weighted by molar-refractivity contribution is 0.0630. The number of benzene rings is 1. The van der Waals surface area contributed by atoms with Crippen LogP contribution < -0.4 is 0 Å². The van der Waals surface area contributed by atoms with Crippen molar-refractivity contribution in [1.29, 1.82) is 0 Å². The summed E-state index contributed by atoms with van der Waals surface area (Å²) in [5, 5.41) is 0. The SMILES string of the molecule is CCOC(=O)OCC.Cc1ccccc1C. The standard InChI is InChI=1S/C8H10.C5H10O3/c1-7-5-3-4-6-8(7)2;1-3-7-5(6)8-4-2/h3-6H,1-2H3;3-4H2,1-2H3. The first-order valence-electron chi connectivity index (χ1n) is 5.43. The molecular weight excluding hydrogens is 204 g/mol. The predicted octanol–water partition coefficient (Wildman–Crippen LogP) is 3.48. The number of ether oxygens (including phenoxy) is 2. The molecule has 3 nitrogen and oxygen atoms in total. The van der Waals surface area contributed by atoms with Gasteiger partial charge in [-0.3, -0.25) is 0 Å². The van der Waals surface area contributed by atoms with Crippen molar-refractivity contribution in [3.8, 4) is 0 Å². The molecule has 0 N–H and O–H groups in total. The van der Waals surface area contributed by atoms with Gasteiger partial charge in [0.15, 0.2) is 0 Å². The normalized spacial score (nSPS) is 8.75. The maximum absolute atomic E-state index is 10.2. The van der Waals surface area contributed by atoms with Crippen LogP contribution in [0.4, 0.5) is 4.79 Å². The van der Waals surface area contributed by atoms with Crippen molar-refractivity contribution in [2.45, 2.75) is 27.7 Å². The number of aryl methyl sites for hydroxylation is 2. The molecule has 0 atom stereocenters. The van der Waals surface area contributed by atoms with Crippen LogP contribution in [0.3, 0.4) is 0 Å². The van der Waals surface area contributed by atoms with Gasteiger partial charge in [0.2, 0.25) is 0 Å². The van der Waals surface area contributed by atoms with E-state index in [2.05, 4.69) is 47.6 Å². The summed E-state index contributed by atoms with van der Waals surface area (Å²) in [6.07, 6.45) is -0.588. The van der Waals surface area contributed by atoms with Crippen LogP contribution in [0.2, 0.25) is 0 Å². The van der Waals surface area contributed by atoms with E-state index in [1.54, 1.807) is 13.8 Å². The van der Waals surface area contributed by atoms with E-state index in [9.17, 15) is 4.79 Å². The predicted molar refractivity (Wildman–Crippen MR) is 64.6 cm³/mol. The number of hydrogen-bond donors (Lipinski definition) is 0. The Morgan fingerprint density at radius 3 is 1.62 bits per heavy atom. The summed E-state index contributed by atoms with van der Waals surface area (Å²) >= 11 is 0. The van der Waals surface area contributed by atoms with Gasteiger partial charge in [0.05, 0.1) is 13.2 Å². The lowest BCUT2D eigenvalue weighted by Gasteiger charge is -1.98. The molecule has 0 radical (unpaired) electrons. The van der Waals surface area contributed by atoms with Gasteiger partial charge in [-0.1, -0.05) is 24.3 Å². The van der Waals surface area contributed by atoms with Crippen LogP contribution in [0.1, 0.15) is 25.0 Å². The van der Waals surface area contributed by atoms with E-state index in [1.807, 2.05) is 0 Å². The van der Waals surface area contributed by atoms with Crippen LogP contribution in [0.25, 0.3) is 0 Å². The molecule has 0 aliphatic carbocycles. The Kier molecular flexibility index (Phi) is 7.94. The van der Waals surface area contributed by atoms with Crippen LogP contribution in [-0.4, -0.2) is 19.4 Å². The van der Waals surface area contributed by atoms with E-state index in [4.69, 9.17) is 0 Å². The van der Waals surface area contributed by atoms with Crippen molar-refractivity contribution >= 4 is 6.16 Å². The van der Waals surface area contributed by atoms with Gasteiger partial charge in [-0.25, -0.2) is 4.79 Å². The van der Waals surface area contributed by atoms with Crippen molar-refractivity contribution in [2.24, 2.45) is 0 Å². The first-order valence-corrected chi connectivity index (χ1v) is 5.43. The molecule has 0 aromatic heterocycles. The van der Waals surface area contributed by atoms with Crippen molar-refractivity contribution < 1.29 is 14.3 Å². The van der Waals surface area contributed by atoms with Crippen molar-refractivity contribution in [1.82, 2.24) is 0 Å². The zero-order valence-corrected chi connectivity index (χ0v) is 10.4. The minimum Gasteiger partial charge on any atom is -0.435 e. The van der Waals surface area contributed by atoms with Crippen molar-refractivity contribution in [3.05, 3.63) is 35.4 Å². The molecule has 1 aromatic carbocycles. The Morgan fingerprint density at radius 2 is 1.38 bits per heavy atom. The number of hydrogen-bond acceptors (Lipinski definition) is 3. The van der Waals surface area contributed by atoms with Crippen LogP contribution in [0, 0.1) is 13.8 Å². The van der Waals surface area contributed by atoms with Gasteiger partial charge in [-0.15, -0.1) is 0 Å². The Hall–Kier alpha value is -1.51. The Balaban J connectivity index is 0.000000281. The lowest BCUT2D eigenvalue weighted by atomic mass is 10.1. The minimum atomic E-state index is -0.588. The summed E-state index contributed by atoms with van der Waals surface area (Å²) in [4.78, 5) is 10.2. The van der Waals surface area contributed by atoms with Crippen molar-refractivity contribution in [2.75, 3.05) is 13.2 Å². The van der Waals surface area contributed by atoms with Gasteiger partial charge >= 0.3 is 6.16 Å². The van der Waals surface area contributed by atoms with E-state index in [0.29, 0.717) is 13.2 Å². The fraction of sp³-hybridized carbons (Fsp3) is 0.462. The van der Waals surface area contributed by atoms with Crippen LogP contribution in [0.5, 0.6) is 0 Å². The highest BCUT2D eigenvalue weighted by Gasteiger charge is 1.96. The molecule has 0 aliphatic heterocycles. The summed E-state index contributed by atoms with van der Waals surface area (Å²) in [6, 6.07) is 8.36. The van der Waals surface area contributed by atoms with E-state index >= 15 is 0 Å². The Bertz CT molecular complexity index is 279. The van der Waals surface area contributed by atoms with E-state index in [-0.39, 0.29) is 0 Å². The molecular formula is C13H20O3. The molecule has 0 spiro atoms. The van der Waals surface area contributed by atoms with Crippen LogP contribution >= 0.6 is 0 Å². The molecule has 0 saturated heterocycles. The molecule has 0 saturated carbocycles. The second-order valence-corrected chi connectivity index (χ2v) is 3.20. The summed E-state index contributed by atoms with van der Waals surface area (Å²) in [5.41, 5.74) is 2.74. The number of carbonyl (C=O) groups excluding carboxylic acids is 1. The highest BCUT2D eigenvalue weighted by atomic mass is 16.7. The quantitative estimate of drug-likeness (QED) is 0.721. The molecule has 1 rings (SSSR count). The largest absolute Gasteiger partial charge is 0.508 e. The second-order valence-electron chi connectivity index (χ2n) is 3.20. The smallest absolute Gasteiger partial charge is 0.435 e. The van der Waals surface area contributed by atoms with Gasteiger partial charge in [0.1, 0.15) is 0 Å². The third-order valence-electron chi connectivity index (χ3n) is 1.95. The third kappa shape index (κ3) is 6.87. The van der Waals surface area contributed by atoms with Gasteiger partial charge < -0.3 is 9.47 Å². The highest BCUT2D eigenvalue weighted by Crippen LogP contribution is 2.02. The van der Waals surface area contributed by atoms with Gasteiger partial charge in [0, 0.05) is 0 Å². The highest BCUT2D eigenvalue weighted by molar-refractivity contribution is 5.59. The molecule has 0 fully saturated rings. The maximum atomic E-state index is 10.2. The van der Waals surface area contributed by atoms with Gasteiger partial charge in [-0.2, -0.15) is 0 Å². The molecule has 3 heteroatoms. The summed E-state index contributed by atoms with van der Waals surface area (Å²) in [5.74, 6) is 0. The Labute approximate surface area is 97.4 Å². The maximum Gasteiger partial charge on any atom is 0.508 e. The molecule has 0 bridgehead atoms. The first-order chi connectivity index (χ1) is 7.61. The van der Waals surface area contributed by atoms with Crippen LogP contribution in [-0.2, 0) is 9.47 Å². The number of carbonyl (C=O) groups is 1. The lowest BCUT2D eigenvalue weighted by Crippen LogP contribution is -2.05. The van der Waals surface area contributed by atoms with E-state index < -0.39 is 6.16 Å². The fourth-order valence-electron chi connectivity index (χ4n) is 0.940. The second kappa shape index (κ2) is 8.77. The van der Waals surface area contributed by atoms with E-state index in [1.165, 1.54) is 11.1 Å². The zero-order valence-electron chi connectivity index (χ0n) is 10.4. The van der Waals surface area contributed by atoms with Crippen molar-refractivity contribution in [3.63, 3.8) is 0 Å². The molecule has 16 heavy (non-hydrogen) atoms.